The number of piperidine rings is 1. The van der Waals surface area contributed by atoms with Crippen LogP contribution < -0.4 is 15.5 Å². The number of nitrogens with zero attached hydrogens (tertiary/aromatic N) is 2. The lowest BCUT2D eigenvalue weighted by Gasteiger charge is -2.39. The molecule has 1 saturated heterocycles. The number of nitro benzene ring substituents is 1. The van der Waals surface area contributed by atoms with E-state index in [0.29, 0.717) is 18.4 Å². The van der Waals surface area contributed by atoms with Crippen molar-refractivity contribution in [3.8, 4) is 0 Å². The molecule has 1 atom stereocenters. The molecule has 2 amide bonds. The number of fused-ring (bicyclic) bond motifs is 1. The molecule has 2 N–H and O–H groups in total. The van der Waals surface area contributed by atoms with Crippen molar-refractivity contribution in [2.24, 2.45) is 0 Å². The number of halogens is 1. The van der Waals surface area contributed by atoms with Crippen LogP contribution in [0.1, 0.15) is 49.1 Å². The Morgan fingerprint density at radius 1 is 1.11 bits per heavy atom. The maximum absolute atomic E-state index is 13.6. The molecule has 2 aromatic carbocycles. The molecule has 0 bridgehead atoms. The van der Waals surface area contributed by atoms with Crippen LogP contribution >= 0.6 is 0 Å². The van der Waals surface area contributed by atoms with Crippen molar-refractivity contribution >= 4 is 39.9 Å². The number of carbonyl (C=O) groups is 3. The van der Waals surface area contributed by atoms with E-state index in [1.165, 1.54) is 11.0 Å². The normalized spacial score (nSPS) is 19.2. The quantitative estimate of drug-likeness (QED) is 0.371. The minimum atomic E-state index is -1.18. The molecule has 0 radical (unpaired) electrons. The Hall–Kier alpha value is -4.28. The van der Waals surface area contributed by atoms with E-state index in [9.17, 15) is 28.9 Å². The molecule has 2 heterocycles. The number of carbonyl (C=O) groups excluding carboxylic acids is 3. The Balaban J connectivity index is 1.29. The summed E-state index contributed by atoms with van der Waals surface area (Å²) in [7, 11) is 0. The molecule has 1 aliphatic heterocycles. The predicted octanol–water partition coefficient (Wildman–Crippen LogP) is 3.88. The summed E-state index contributed by atoms with van der Waals surface area (Å²) in [6, 6.07) is 11.3. The van der Waals surface area contributed by atoms with Crippen LogP contribution in [0.25, 0.3) is 11.0 Å². The second-order valence-corrected chi connectivity index (χ2v) is 9.84. The molecular formula is C27H27FN4O6. The number of Topliss-reactive ketones (excluding diaryl/α,β-unsaturated/α-hetero) is 1. The van der Waals surface area contributed by atoms with Crippen molar-refractivity contribution in [3.63, 3.8) is 0 Å². The molecule has 2 aliphatic rings. The number of ketones is 1. The van der Waals surface area contributed by atoms with Gasteiger partial charge in [0, 0.05) is 11.9 Å². The van der Waals surface area contributed by atoms with Crippen molar-refractivity contribution in [3.05, 3.63) is 70.2 Å². The number of amides is 2. The fourth-order valence-electron chi connectivity index (χ4n) is 5.33. The van der Waals surface area contributed by atoms with Gasteiger partial charge in [-0.1, -0.05) is 37.5 Å². The first-order valence-corrected chi connectivity index (χ1v) is 12.6. The van der Waals surface area contributed by atoms with Gasteiger partial charge >= 0.3 is 0 Å². The van der Waals surface area contributed by atoms with Crippen molar-refractivity contribution in [1.82, 2.24) is 10.6 Å². The van der Waals surface area contributed by atoms with Gasteiger partial charge in [-0.3, -0.25) is 24.5 Å². The second-order valence-electron chi connectivity index (χ2n) is 9.84. The number of hydrogen-bond donors (Lipinski definition) is 2. The number of hydrogen-bond acceptors (Lipinski definition) is 7. The predicted molar refractivity (Wildman–Crippen MR) is 136 cm³/mol. The van der Waals surface area contributed by atoms with E-state index in [1.54, 1.807) is 18.2 Å². The van der Waals surface area contributed by atoms with Gasteiger partial charge in [0.05, 0.1) is 23.6 Å². The Kier molecular flexibility index (Phi) is 6.83. The lowest BCUT2D eigenvalue weighted by atomic mass is 9.80. The number of para-hydroxylation sites is 1. The zero-order valence-corrected chi connectivity index (χ0v) is 20.6. The van der Waals surface area contributed by atoms with Gasteiger partial charge in [-0.05, 0) is 43.5 Å². The monoisotopic (exact) mass is 522 g/mol. The Morgan fingerprint density at radius 2 is 1.87 bits per heavy atom. The van der Waals surface area contributed by atoms with Gasteiger partial charge in [0.25, 0.3) is 11.6 Å². The highest BCUT2D eigenvalue weighted by Crippen LogP contribution is 2.32. The molecule has 1 aliphatic carbocycles. The molecule has 1 aromatic heterocycles. The first-order chi connectivity index (χ1) is 18.3. The summed E-state index contributed by atoms with van der Waals surface area (Å²) >= 11 is 0. The van der Waals surface area contributed by atoms with Crippen LogP contribution in [-0.2, 0) is 9.59 Å². The summed E-state index contributed by atoms with van der Waals surface area (Å²) in [5, 5.41) is 17.9. The van der Waals surface area contributed by atoms with Crippen LogP contribution in [0.2, 0.25) is 0 Å². The van der Waals surface area contributed by atoms with Gasteiger partial charge in [-0.25, -0.2) is 4.39 Å². The smallest absolute Gasteiger partial charge is 0.295 e. The van der Waals surface area contributed by atoms with Crippen LogP contribution in [0.3, 0.4) is 0 Å². The Bertz CT molecular complexity index is 1380. The van der Waals surface area contributed by atoms with E-state index in [-0.39, 0.29) is 36.7 Å². The van der Waals surface area contributed by atoms with Crippen LogP contribution in [-0.4, -0.2) is 47.2 Å². The van der Waals surface area contributed by atoms with Crippen LogP contribution in [0.15, 0.2) is 52.9 Å². The van der Waals surface area contributed by atoms with Gasteiger partial charge in [-0.2, -0.15) is 0 Å². The fourth-order valence-corrected chi connectivity index (χ4v) is 5.33. The van der Waals surface area contributed by atoms with Gasteiger partial charge in [0.2, 0.25) is 5.91 Å². The minimum absolute atomic E-state index is 0.106. The summed E-state index contributed by atoms with van der Waals surface area (Å²) in [5.41, 5.74) is -0.883. The molecule has 0 spiro atoms. The second kappa shape index (κ2) is 10.2. The van der Waals surface area contributed by atoms with Gasteiger partial charge in [-0.15, -0.1) is 0 Å². The Labute approximate surface area is 217 Å². The topological polar surface area (TPSA) is 135 Å². The average Bonchev–Trinajstić information content (AvgIpc) is 3.35. The number of nitro groups is 1. The van der Waals surface area contributed by atoms with E-state index >= 15 is 0 Å². The highest BCUT2D eigenvalue weighted by atomic mass is 19.1. The minimum Gasteiger partial charge on any atom is -0.451 e. The number of furan rings is 1. The maximum Gasteiger partial charge on any atom is 0.295 e. The van der Waals surface area contributed by atoms with Crippen LogP contribution in [0, 0.1) is 15.9 Å². The van der Waals surface area contributed by atoms with Crippen LogP contribution in [0.4, 0.5) is 15.8 Å². The molecule has 11 heteroatoms. The zero-order chi connectivity index (χ0) is 26.9. The summed E-state index contributed by atoms with van der Waals surface area (Å²) in [5.74, 6) is -1.88. The standard InChI is InChI=1S/C27H27FN4O6/c28-18-8-9-20(21(15-18)32(36)37)31-13-10-19(22(33)16-31)29-26(35)27(11-4-1-5-12-27)30-25(34)24-14-17-6-2-3-7-23(17)38-24/h2-3,6-9,14-15,19H,1,4-5,10-13,16H2,(H,29,35)(H,30,34). The first kappa shape index (κ1) is 25.4. The molecule has 5 rings (SSSR count). The third-order valence-corrected chi connectivity index (χ3v) is 7.35. The third-order valence-electron chi connectivity index (χ3n) is 7.35. The van der Waals surface area contributed by atoms with Gasteiger partial charge in [0.15, 0.2) is 11.5 Å². The van der Waals surface area contributed by atoms with E-state index in [0.717, 1.165) is 36.8 Å². The van der Waals surface area contributed by atoms with Crippen molar-refractivity contribution < 1.29 is 28.1 Å². The van der Waals surface area contributed by atoms with Crippen molar-refractivity contribution in [2.75, 3.05) is 18.0 Å². The molecule has 38 heavy (non-hydrogen) atoms. The summed E-state index contributed by atoms with van der Waals surface area (Å²) in [6.45, 7) is 0.0806. The first-order valence-electron chi connectivity index (χ1n) is 12.6. The Morgan fingerprint density at radius 3 is 2.58 bits per heavy atom. The zero-order valence-electron chi connectivity index (χ0n) is 20.6. The van der Waals surface area contributed by atoms with E-state index in [1.807, 2.05) is 12.1 Å². The van der Waals surface area contributed by atoms with Gasteiger partial charge < -0.3 is 20.0 Å². The summed E-state index contributed by atoms with van der Waals surface area (Å²) < 4.78 is 19.2. The molecule has 3 aromatic rings. The summed E-state index contributed by atoms with van der Waals surface area (Å²) in [4.78, 5) is 51.9. The molecule has 198 valence electrons. The lowest BCUT2D eigenvalue weighted by Crippen LogP contribution is -2.63. The summed E-state index contributed by atoms with van der Waals surface area (Å²) in [6.07, 6.45) is 3.50. The van der Waals surface area contributed by atoms with Gasteiger partial charge in [0.1, 0.15) is 22.6 Å². The van der Waals surface area contributed by atoms with Crippen LogP contribution in [0.5, 0.6) is 0 Å². The molecule has 10 nitrogen and oxygen atoms in total. The molecule has 1 unspecified atom stereocenters. The third kappa shape index (κ3) is 4.96. The van der Waals surface area contributed by atoms with E-state index in [2.05, 4.69) is 10.6 Å². The fraction of sp³-hybridized carbons (Fsp3) is 0.370. The lowest BCUT2D eigenvalue weighted by molar-refractivity contribution is -0.384. The number of nitrogens with one attached hydrogen (secondary N) is 2. The SMILES string of the molecule is O=C(NC1(C(=O)NC2CCN(c3ccc(F)cc3[N+](=O)[O-])CC2=O)CCCCC1)c1cc2ccccc2o1. The largest absolute Gasteiger partial charge is 0.451 e. The van der Waals surface area contributed by atoms with E-state index in [4.69, 9.17) is 4.42 Å². The number of rotatable bonds is 6. The maximum atomic E-state index is 13.6. The number of benzene rings is 2. The number of anilines is 1. The van der Waals surface area contributed by atoms with E-state index < -0.39 is 39.8 Å². The average molecular weight is 523 g/mol. The van der Waals surface area contributed by atoms with Crippen molar-refractivity contribution in [1.29, 1.82) is 0 Å². The highest BCUT2D eigenvalue weighted by Gasteiger charge is 2.43. The molecular weight excluding hydrogens is 495 g/mol. The van der Waals surface area contributed by atoms with Crippen molar-refractivity contribution in [2.45, 2.75) is 50.1 Å². The highest BCUT2D eigenvalue weighted by molar-refractivity contribution is 6.01. The molecule has 2 fully saturated rings. The molecule has 1 saturated carbocycles.